The molecule has 5 heteroatoms. The Labute approximate surface area is 79.9 Å². The van der Waals surface area contributed by atoms with E-state index in [9.17, 15) is 14.9 Å². The summed E-state index contributed by atoms with van der Waals surface area (Å²) in [5, 5.41) is 13.6. The third-order valence-electron chi connectivity index (χ3n) is 2.19. The highest BCUT2D eigenvalue weighted by Gasteiger charge is 2.25. The fourth-order valence-corrected chi connectivity index (χ4v) is 1.33. The number of carbonyl (C=O) groups excluding carboxylic acids is 1. The van der Waals surface area contributed by atoms with E-state index >= 15 is 0 Å². The van der Waals surface area contributed by atoms with Crippen LogP contribution >= 0.6 is 0 Å². The lowest BCUT2D eigenvalue weighted by Crippen LogP contribution is -1.96. The molecule has 1 saturated heterocycles. The lowest BCUT2D eigenvalue weighted by molar-refractivity contribution is -0.385. The maximum Gasteiger partial charge on any atom is 0.280 e. The van der Waals surface area contributed by atoms with Crippen LogP contribution in [-0.4, -0.2) is 17.8 Å². The van der Waals surface area contributed by atoms with Gasteiger partial charge in [0.1, 0.15) is 0 Å². The first-order chi connectivity index (χ1) is 6.72. The summed E-state index contributed by atoms with van der Waals surface area (Å²) in [7, 11) is 0. The van der Waals surface area contributed by atoms with Crippen molar-refractivity contribution in [3.05, 3.63) is 39.4 Å². The van der Waals surface area contributed by atoms with Gasteiger partial charge in [-0.1, -0.05) is 6.07 Å². The molecule has 1 aliphatic rings. The van der Waals surface area contributed by atoms with Crippen LogP contribution < -0.4 is 5.32 Å². The van der Waals surface area contributed by atoms with Crippen molar-refractivity contribution in [1.29, 1.82) is 0 Å². The first-order valence-electron chi connectivity index (χ1n) is 4.19. The number of nitro groups is 1. The van der Waals surface area contributed by atoms with Gasteiger partial charge in [0, 0.05) is 18.7 Å². The maximum atomic E-state index is 10.6. The predicted molar refractivity (Wildman–Crippen MR) is 49.2 cm³/mol. The van der Waals surface area contributed by atoms with Crippen LogP contribution in [0, 0.1) is 10.1 Å². The minimum atomic E-state index is -0.532. The summed E-state index contributed by atoms with van der Waals surface area (Å²) in [5.41, 5.74) is 0.868. The molecule has 2 rings (SSSR count). The molecule has 72 valence electrons. The van der Waals surface area contributed by atoms with Crippen molar-refractivity contribution in [3.8, 4) is 0 Å². The average Bonchev–Trinajstić information content (AvgIpc) is 3.00. The van der Waals surface area contributed by atoms with E-state index < -0.39 is 4.92 Å². The highest BCUT2D eigenvalue weighted by atomic mass is 16.6. The molecule has 0 bridgehead atoms. The van der Waals surface area contributed by atoms with Crippen LogP contribution in [0.1, 0.15) is 22.0 Å². The van der Waals surface area contributed by atoms with Gasteiger partial charge >= 0.3 is 0 Å². The highest BCUT2D eigenvalue weighted by Crippen LogP contribution is 2.26. The number of aldehydes is 1. The van der Waals surface area contributed by atoms with Gasteiger partial charge in [-0.3, -0.25) is 14.9 Å². The van der Waals surface area contributed by atoms with E-state index in [0.717, 1.165) is 12.1 Å². The molecule has 0 aliphatic carbocycles. The Bertz CT molecular complexity index is 399. The van der Waals surface area contributed by atoms with Gasteiger partial charge in [-0.05, 0) is 11.6 Å². The largest absolute Gasteiger partial charge is 0.307 e. The third-order valence-corrected chi connectivity index (χ3v) is 2.19. The van der Waals surface area contributed by atoms with Crippen molar-refractivity contribution >= 4 is 12.0 Å². The van der Waals surface area contributed by atoms with Crippen LogP contribution in [0.4, 0.5) is 5.69 Å². The summed E-state index contributed by atoms with van der Waals surface area (Å²) >= 11 is 0. The van der Waals surface area contributed by atoms with E-state index in [1.807, 2.05) is 0 Å². The second kappa shape index (κ2) is 3.19. The molecule has 1 N–H and O–H groups in total. The molecule has 1 aliphatic heterocycles. The Morgan fingerprint density at radius 2 is 2.29 bits per heavy atom. The van der Waals surface area contributed by atoms with Crippen LogP contribution in [0.15, 0.2) is 18.2 Å². The minimum absolute atomic E-state index is 0.119. The summed E-state index contributed by atoms with van der Waals surface area (Å²) in [6.07, 6.45) is 0.502. The van der Waals surface area contributed by atoms with E-state index in [0.29, 0.717) is 6.29 Å². The van der Waals surface area contributed by atoms with Gasteiger partial charge in [0.05, 0.1) is 10.5 Å². The molecule has 0 saturated carbocycles. The molecule has 1 heterocycles. The first-order valence-corrected chi connectivity index (χ1v) is 4.19. The number of rotatable bonds is 3. The van der Waals surface area contributed by atoms with Crippen molar-refractivity contribution in [2.24, 2.45) is 0 Å². The average molecular weight is 192 g/mol. The molecule has 0 unspecified atom stereocenters. The molecule has 0 spiro atoms. The molecule has 0 radical (unpaired) electrons. The van der Waals surface area contributed by atoms with E-state index in [-0.39, 0.29) is 17.3 Å². The van der Waals surface area contributed by atoms with Crippen LogP contribution in [0.2, 0.25) is 0 Å². The van der Waals surface area contributed by atoms with E-state index in [2.05, 4.69) is 5.32 Å². The summed E-state index contributed by atoms with van der Waals surface area (Å²) in [6.45, 7) is 0.845. The van der Waals surface area contributed by atoms with Gasteiger partial charge in [0.15, 0.2) is 6.29 Å². The van der Waals surface area contributed by atoms with E-state index in [4.69, 9.17) is 0 Å². The zero-order valence-electron chi connectivity index (χ0n) is 7.27. The molecule has 5 nitrogen and oxygen atoms in total. The third kappa shape index (κ3) is 1.49. The van der Waals surface area contributed by atoms with Gasteiger partial charge < -0.3 is 5.32 Å². The van der Waals surface area contributed by atoms with Gasteiger partial charge in [-0.2, -0.15) is 0 Å². The van der Waals surface area contributed by atoms with Crippen molar-refractivity contribution in [2.45, 2.75) is 6.04 Å². The first kappa shape index (κ1) is 8.83. The van der Waals surface area contributed by atoms with Crippen molar-refractivity contribution in [3.63, 3.8) is 0 Å². The Balaban J connectivity index is 2.45. The van der Waals surface area contributed by atoms with Crippen molar-refractivity contribution in [1.82, 2.24) is 5.32 Å². The number of hydrogen-bond donors (Lipinski definition) is 1. The van der Waals surface area contributed by atoms with Gasteiger partial charge in [0.25, 0.3) is 5.69 Å². The normalized spacial score (nSPS) is 19.0. The Kier molecular flexibility index (Phi) is 2.01. The van der Waals surface area contributed by atoms with Crippen molar-refractivity contribution < 1.29 is 9.72 Å². The van der Waals surface area contributed by atoms with Crippen molar-refractivity contribution in [2.75, 3.05) is 6.54 Å². The standard InChI is InChI=1S/C9H8N2O3/c12-5-7-2-1-6(8-4-10-8)3-9(7)11(13)14/h1-3,5,8,10H,4H2/t8-/m1/s1. The molecule has 1 fully saturated rings. The monoisotopic (exact) mass is 192 g/mol. The SMILES string of the molecule is O=Cc1ccc([C@H]2CN2)cc1[N+](=O)[O-]. The quantitative estimate of drug-likeness (QED) is 0.336. The van der Waals surface area contributed by atoms with Gasteiger partial charge in [-0.25, -0.2) is 0 Å². The summed E-state index contributed by atoms with van der Waals surface area (Å²) in [4.78, 5) is 20.6. The number of nitrogens with one attached hydrogen (secondary N) is 1. The predicted octanol–water partition coefficient (Wildman–Crippen LogP) is 1.05. The molecular formula is C9H8N2O3. The van der Waals surface area contributed by atoms with Gasteiger partial charge in [-0.15, -0.1) is 0 Å². The number of nitrogens with zero attached hydrogens (tertiary/aromatic N) is 1. The molecule has 1 aromatic carbocycles. The van der Waals surface area contributed by atoms with Crippen LogP contribution in [0.5, 0.6) is 0 Å². The van der Waals surface area contributed by atoms with E-state index in [1.54, 1.807) is 6.07 Å². The minimum Gasteiger partial charge on any atom is -0.307 e. The van der Waals surface area contributed by atoms with Crippen LogP contribution in [0.25, 0.3) is 0 Å². The summed E-state index contributed by atoms with van der Waals surface area (Å²) < 4.78 is 0. The highest BCUT2D eigenvalue weighted by molar-refractivity contribution is 5.81. The molecule has 14 heavy (non-hydrogen) atoms. The van der Waals surface area contributed by atoms with Crippen LogP contribution in [-0.2, 0) is 0 Å². The zero-order chi connectivity index (χ0) is 10.1. The second-order valence-electron chi connectivity index (χ2n) is 3.15. The van der Waals surface area contributed by atoms with Gasteiger partial charge in [0.2, 0.25) is 0 Å². The molecule has 0 aromatic heterocycles. The Hall–Kier alpha value is -1.75. The number of benzene rings is 1. The topological polar surface area (TPSA) is 82.2 Å². The molecule has 1 aromatic rings. The van der Waals surface area contributed by atoms with Crippen LogP contribution in [0.3, 0.4) is 0 Å². The van der Waals surface area contributed by atoms with E-state index in [1.165, 1.54) is 12.1 Å². The Morgan fingerprint density at radius 1 is 1.57 bits per heavy atom. The summed E-state index contributed by atoms with van der Waals surface area (Å²) in [6, 6.07) is 4.89. The fraction of sp³-hybridized carbons (Fsp3) is 0.222. The smallest absolute Gasteiger partial charge is 0.280 e. The lowest BCUT2D eigenvalue weighted by Gasteiger charge is -1.99. The molecular weight excluding hydrogens is 184 g/mol. The summed E-state index contributed by atoms with van der Waals surface area (Å²) in [5.74, 6) is 0. The molecule has 1 atom stereocenters. The maximum absolute atomic E-state index is 10.6. The number of hydrogen-bond acceptors (Lipinski definition) is 4. The lowest BCUT2D eigenvalue weighted by atomic mass is 10.1. The number of carbonyl (C=O) groups is 1. The number of nitro benzene ring substituents is 1. The fourth-order valence-electron chi connectivity index (χ4n) is 1.33. The second-order valence-corrected chi connectivity index (χ2v) is 3.15. The zero-order valence-corrected chi connectivity index (χ0v) is 7.27. The Morgan fingerprint density at radius 3 is 2.79 bits per heavy atom. The molecule has 0 amide bonds.